The Morgan fingerprint density at radius 3 is 2.55 bits per heavy atom. The number of amides is 1. The number of unbranched alkanes of at least 4 members (excludes halogenated alkanes) is 1. The fourth-order valence-electron chi connectivity index (χ4n) is 0.685. The van der Waals surface area contributed by atoms with Crippen LogP contribution >= 0.6 is 11.6 Å². The van der Waals surface area contributed by atoms with Gasteiger partial charge in [-0.25, -0.2) is 5.01 Å². The molecule has 0 spiro atoms. The number of nitrogens with zero attached hydrogens (tertiary/aromatic N) is 1. The third-order valence-electron chi connectivity index (χ3n) is 1.14. The molecule has 0 aromatic carbocycles. The standard InChI is InChI=1S/C7H15ClN2O/c1-10(2)9-7(11)5-3-4-6-8/h3-6H2,1-2H3,(H,9,11). The summed E-state index contributed by atoms with van der Waals surface area (Å²) in [5, 5.41) is 1.64. The highest BCUT2D eigenvalue weighted by atomic mass is 35.5. The molecule has 0 fully saturated rings. The summed E-state index contributed by atoms with van der Waals surface area (Å²) >= 11 is 5.45. The lowest BCUT2D eigenvalue weighted by Gasteiger charge is -2.10. The minimum atomic E-state index is 0.0557. The zero-order chi connectivity index (χ0) is 8.69. The molecule has 0 radical (unpaired) electrons. The molecule has 0 rings (SSSR count). The predicted octanol–water partition coefficient (Wildman–Crippen LogP) is 0.988. The highest BCUT2D eigenvalue weighted by Crippen LogP contribution is 1.96. The molecule has 0 aliphatic carbocycles. The quantitative estimate of drug-likeness (QED) is 0.387. The van der Waals surface area contributed by atoms with Crippen LogP contribution in [-0.2, 0) is 4.79 Å². The van der Waals surface area contributed by atoms with Crippen LogP contribution in [0.1, 0.15) is 19.3 Å². The lowest BCUT2D eigenvalue weighted by atomic mass is 10.2. The fourth-order valence-corrected chi connectivity index (χ4v) is 0.874. The van der Waals surface area contributed by atoms with E-state index in [9.17, 15) is 4.79 Å². The molecule has 0 aromatic heterocycles. The second-order valence-corrected chi connectivity index (χ2v) is 2.95. The van der Waals surface area contributed by atoms with Crippen molar-refractivity contribution in [3.8, 4) is 0 Å². The summed E-state index contributed by atoms with van der Waals surface area (Å²) in [6.45, 7) is 0. The van der Waals surface area contributed by atoms with E-state index in [-0.39, 0.29) is 5.91 Å². The summed E-state index contributed by atoms with van der Waals surface area (Å²) in [7, 11) is 3.58. The normalized spacial score (nSPS) is 10.2. The number of carbonyl (C=O) groups is 1. The van der Waals surface area contributed by atoms with Crippen molar-refractivity contribution < 1.29 is 4.79 Å². The molecular formula is C7H15ClN2O. The van der Waals surface area contributed by atoms with E-state index in [0.29, 0.717) is 12.3 Å². The number of hydrazine groups is 1. The Hall–Kier alpha value is -0.280. The van der Waals surface area contributed by atoms with Crippen molar-refractivity contribution in [2.24, 2.45) is 0 Å². The predicted molar refractivity (Wildman–Crippen MR) is 46.4 cm³/mol. The van der Waals surface area contributed by atoms with Gasteiger partial charge in [-0.3, -0.25) is 10.2 Å². The highest BCUT2D eigenvalue weighted by Gasteiger charge is 1.99. The molecule has 4 heteroatoms. The lowest BCUT2D eigenvalue weighted by molar-refractivity contribution is -0.124. The minimum Gasteiger partial charge on any atom is -0.289 e. The van der Waals surface area contributed by atoms with Gasteiger partial charge in [-0.2, -0.15) is 0 Å². The average molecular weight is 179 g/mol. The zero-order valence-corrected chi connectivity index (χ0v) is 7.82. The van der Waals surface area contributed by atoms with Crippen molar-refractivity contribution in [2.75, 3.05) is 20.0 Å². The number of carbonyl (C=O) groups excluding carboxylic acids is 1. The average Bonchev–Trinajstić information content (AvgIpc) is 1.86. The van der Waals surface area contributed by atoms with Crippen molar-refractivity contribution in [1.29, 1.82) is 0 Å². The second-order valence-electron chi connectivity index (χ2n) is 2.58. The van der Waals surface area contributed by atoms with E-state index < -0.39 is 0 Å². The smallest absolute Gasteiger partial charge is 0.234 e. The van der Waals surface area contributed by atoms with Gasteiger partial charge in [0.05, 0.1) is 0 Å². The third kappa shape index (κ3) is 7.62. The van der Waals surface area contributed by atoms with Gasteiger partial charge in [0.1, 0.15) is 0 Å². The monoisotopic (exact) mass is 178 g/mol. The highest BCUT2D eigenvalue weighted by molar-refractivity contribution is 6.17. The van der Waals surface area contributed by atoms with E-state index in [1.54, 1.807) is 19.1 Å². The molecule has 0 aliphatic rings. The Balaban J connectivity index is 3.23. The lowest BCUT2D eigenvalue weighted by Crippen LogP contribution is -2.35. The molecule has 1 N–H and O–H groups in total. The summed E-state index contributed by atoms with van der Waals surface area (Å²) in [4.78, 5) is 10.9. The molecule has 0 unspecified atom stereocenters. The van der Waals surface area contributed by atoms with Gasteiger partial charge in [0.2, 0.25) is 5.91 Å². The Kier molecular flexibility index (Phi) is 6.27. The number of halogens is 1. The van der Waals surface area contributed by atoms with Crippen LogP contribution in [0.4, 0.5) is 0 Å². The summed E-state index contributed by atoms with van der Waals surface area (Å²) in [5.41, 5.74) is 2.65. The molecule has 0 atom stereocenters. The van der Waals surface area contributed by atoms with E-state index in [4.69, 9.17) is 11.6 Å². The van der Waals surface area contributed by atoms with Gasteiger partial charge >= 0.3 is 0 Å². The Bertz CT molecular complexity index is 117. The van der Waals surface area contributed by atoms with Crippen molar-refractivity contribution in [3.63, 3.8) is 0 Å². The van der Waals surface area contributed by atoms with Crippen LogP contribution in [0.3, 0.4) is 0 Å². The summed E-state index contributed by atoms with van der Waals surface area (Å²) < 4.78 is 0. The Morgan fingerprint density at radius 2 is 2.09 bits per heavy atom. The number of rotatable bonds is 5. The van der Waals surface area contributed by atoms with Crippen LogP contribution in [0, 0.1) is 0 Å². The zero-order valence-electron chi connectivity index (χ0n) is 7.06. The molecule has 0 saturated carbocycles. The fraction of sp³-hybridized carbons (Fsp3) is 0.857. The largest absolute Gasteiger partial charge is 0.289 e. The van der Waals surface area contributed by atoms with Crippen molar-refractivity contribution in [1.82, 2.24) is 10.4 Å². The van der Waals surface area contributed by atoms with E-state index >= 15 is 0 Å². The molecule has 0 aliphatic heterocycles. The topological polar surface area (TPSA) is 32.3 Å². The van der Waals surface area contributed by atoms with Crippen molar-refractivity contribution in [3.05, 3.63) is 0 Å². The van der Waals surface area contributed by atoms with Gasteiger partial charge < -0.3 is 0 Å². The maximum Gasteiger partial charge on any atom is 0.234 e. The van der Waals surface area contributed by atoms with Gasteiger partial charge in [-0.1, -0.05) is 0 Å². The molecule has 11 heavy (non-hydrogen) atoms. The number of hydrogen-bond donors (Lipinski definition) is 1. The molecular weight excluding hydrogens is 164 g/mol. The van der Waals surface area contributed by atoms with Gasteiger partial charge in [0, 0.05) is 26.4 Å². The molecule has 0 heterocycles. The van der Waals surface area contributed by atoms with E-state index in [1.165, 1.54) is 0 Å². The Morgan fingerprint density at radius 1 is 1.45 bits per heavy atom. The number of hydrogen-bond acceptors (Lipinski definition) is 2. The van der Waals surface area contributed by atoms with Gasteiger partial charge in [0.15, 0.2) is 0 Å². The first-order valence-electron chi connectivity index (χ1n) is 3.69. The summed E-state index contributed by atoms with van der Waals surface area (Å²) in [6.07, 6.45) is 2.33. The second kappa shape index (κ2) is 6.43. The van der Waals surface area contributed by atoms with Crippen molar-refractivity contribution in [2.45, 2.75) is 19.3 Å². The van der Waals surface area contributed by atoms with E-state index in [2.05, 4.69) is 5.43 Å². The summed E-state index contributed by atoms with van der Waals surface area (Å²) in [5.74, 6) is 0.690. The van der Waals surface area contributed by atoms with Gasteiger partial charge in [-0.15, -0.1) is 11.6 Å². The minimum absolute atomic E-state index is 0.0557. The first-order chi connectivity index (χ1) is 5.16. The van der Waals surface area contributed by atoms with Crippen LogP contribution in [-0.4, -0.2) is 30.9 Å². The molecule has 0 bridgehead atoms. The van der Waals surface area contributed by atoms with Crippen LogP contribution in [0.25, 0.3) is 0 Å². The van der Waals surface area contributed by atoms with Gasteiger partial charge in [-0.05, 0) is 12.8 Å². The van der Waals surface area contributed by atoms with Crippen LogP contribution in [0.2, 0.25) is 0 Å². The molecule has 66 valence electrons. The Labute approximate surface area is 72.7 Å². The molecule has 0 aromatic rings. The summed E-state index contributed by atoms with van der Waals surface area (Å²) in [6, 6.07) is 0. The van der Waals surface area contributed by atoms with Crippen LogP contribution in [0.15, 0.2) is 0 Å². The SMILES string of the molecule is CN(C)NC(=O)CCCCCl. The molecule has 1 amide bonds. The van der Waals surface area contributed by atoms with Crippen LogP contribution in [0.5, 0.6) is 0 Å². The van der Waals surface area contributed by atoms with Gasteiger partial charge in [0.25, 0.3) is 0 Å². The number of alkyl halides is 1. The maximum atomic E-state index is 10.9. The van der Waals surface area contributed by atoms with Crippen LogP contribution < -0.4 is 5.43 Å². The number of nitrogens with one attached hydrogen (secondary N) is 1. The van der Waals surface area contributed by atoms with Crippen molar-refractivity contribution >= 4 is 17.5 Å². The third-order valence-corrected chi connectivity index (χ3v) is 1.40. The first kappa shape index (κ1) is 10.7. The maximum absolute atomic E-state index is 10.9. The molecule has 0 saturated heterocycles. The van der Waals surface area contributed by atoms with E-state index in [1.807, 2.05) is 0 Å². The van der Waals surface area contributed by atoms with E-state index in [0.717, 1.165) is 12.8 Å². The molecule has 3 nitrogen and oxygen atoms in total. The first-order valence-corrected chi connectivity index (χ1v) is 4.23.